The van der Waals surface area contributed by atoms with Crippen molar-refractivity contribution in [2.45, 2.75) is 57.8 Å². The molecule has 1 aromatic rings. The normalized spacial score (nSPS) is 25.7. The SMILES string of the molecule is O=C(CCN1C(=O)[C@H]2CCCC[C@@H]2C1=O)Nc1nc2c(s1)CCCC2. The Labute approximate surface area is 151 Å². The van der Waals surface area contributed by atoms with Crippen molar-refractivity contribution in [3.05, 3.63) is 10.6 Å². The molecular weight excluding hydrogens is 338 g/mol. The van der Waals surface area contributed by atoms with Gasteiger partial charge in [0, 0.05) is 17.8 Å². The van der Waals surface area contributed by atoms with E-state index in [2.05, 4.69) is 10.3 Å². The molecule has 134 valence electrons. The van der Waals surface area contributed by atoms with Gasteiger partial charge in [0.2, 0.25) is 17.7 Å². The van der Waals surface area contributed by atoms with E-state index in [1.54, 1.807) is 11.3 Å². The first-order chi connectivity index (χ1) is 12.1. The summed E-state index contributed by atoms with van der Waals surface area (Å²) in [5.41, 5.74) is 1.11. The maximum absolute atomic E-state index is 12.4. The number of thiazole rings is 1. The number of imide groups is 1. The van der Waals surface area contributed by atoms with Crippen LogP contribution in [-0.2, 0) is 27.2 Å². The van der Waals surface area contributed by atoms with Crippen molar-refractivity contribution < 1.29 is 14.4 Å². The molecule has 0 bridgehead atoms. The Balaban J connectivity index is 1.33. The molecule has 2 aliphatic carbocycles. The number of rotatable bonds is 4. The number of fused-ring (bicyclic) bond motifs is 2. The van der Waals surface area contributed by atoms with Gasteiger partial charge in [0.05, 0.1) is 17.5 Å². The number of aromatic nitrogens is 1. The molecule has 3 amide bonds. The Morgan fingerprint density at radius 2 is 1.76 bits per heavy atom. The minimum absolute atomic E-state index is 0.0767. The van der Waals surface area contributed by atoms with Gasteiger partial charge in [-0.15, -0.1) is 11.3 Å². The maximum atomic E-state index is 12.4. The van der Waals surface area contributed by atoms with Gasteiger partial charge in [-0.1, -0.05) is 12.8 Å². The average Bonchev–Trinajstić information content (AvgIpc) is 3.13. The van der Waals surface area contributed by atoms with Crippen LogP contribution in [0.2, 0.25) is 0 Å². The summed E-state index contributed by atoms with van der Waals surface area (Å²) in [4.78, 5) is 44.1. The van der Waals surface area contributed by atoms with Crippen LogP contribution >= 0.6 is 11.3 Å². The van der Waals surface area contributed by atoms with Crippen LogP contribution in [0.4, 0.5) is 5.13 Å². The molecule has 1 N–H and O–H groups in total. The summed E-state index contributed by atoms with van der Waals surface area (Å²) in [6.45, 7) is 0.182. The number of carbonyl (C=O) groups is 3. The van der Waals surface area contributed by atoms with E-state index >= 15 is 0 Å². The molecule has 0 unspecified atom stereocenters. The number of carbonyl (C=O) groups excluding carboxylic acids is 3. The van der Waals surface area contributed by atoms with Crippen LogP contribution < -0.4 is 5.32 Å². The van der Waals surface area contributed by atoms with Gasteiger partial charge < -0.3 is 5.32 Å². The molecule has 1 saturated carbocycles. The van der Waals surface area contributed by atoms with Gasteiger partial charge in [0.25, 0.3) is 0 Å². The van der Waals surface area contributed by atoms with E-state index in [4.69, 9.17) is 0 Å². The Morgan fingerprint density at radius 1 is 1.08 bits per heavy atom. The Morgan fingerprint density at radius 3 is 2.44 bits per heavy atom. The average molecular weight is 361 g/mol. The topological polar surface area (TPSA) is 79.4 Å². The van der Waals surface area contributed by atoms with Crippen LogP contribution in [-0.4, -0.2) is 34.2 Å². The maximum Gasteiger partial charge on any atom is 0.233 e. The van der Waals surface area contributed by atoms with Crippen molar-refractivity contribution in [1.82, 2.24) is 9.88 Å². The van der Waals surface area contributed by atoms with E-state index in [1.807, 2.05) is 0 Å². The van der Waals surface area contributed by atoms with E-state index in [9.17, 15) is 14.4 Å². The largest absolute Gasteiger partial charge is 0.302 e. The zero-order chi connectivity index (χ0) is 17.4. The minimum Gasteiger partial charge on any atom is -0.302 e. The molecule has 1 saturated heterocycles. The molecule has 0 aromatic carbocycles. The number of nitrogens with one attached hydrogen (secondary N) is 1. The molecule has 0 radical (unpaired) electrons. The molecule has 4 rings (SSSR count). The van der Waals surface area contributed by atoms with Crippen molar-refractivity contribution in [1.29, 1.82) is 0 Å². The fourth-order valence-corrected chi connectivity index (χ4v) is 5.32. The van der Waals surface area contributed by atoms with Crippen molar-refractivity contribution in [3.8, 4) is 0 Å². The lowest BCUT2D eigenvalue weighted by molar-refractivity contribution is -0.140. The van der Waals surface area contributed by atoms with Crippen molar-refractivity contribution in [2.75, 3.05) is 11.9 Å². The number of hydrogen-bond acceptors (Lipinski definition) is 5. The number of aryl methyl sites for hydroxylation is 2. The lowest BCUT2D eigenvalue weighted by Crippen LogP contribution is -2.34. The quantitative estimate of drug-likeness (QED) is 0.836. The molecule has 6 nitrogen and oxygen atoms in total. The zero-order valence-corrected chi connectivity index (χ0v) is 15.1. The molecule has 0 spiro atoms. The standard InChI is InChI=1S/C18H23N3O3S/c22-15(20-18-19-13-7-3-4-8-14(13)25-18)9-10-21-16(23)11-5-1-2-6-12(11)17(21)24/h11-12H,1-10H2,(H,19,20,22)/t11-,12-/m0/s1. The summed E-state index contributed by atoms with van der Waals surface area (Å²) >= 11 is 1.55. The number of likely N-dealkylation sites (tertiary alicyclic amines) is 1. The van der Waals surface area contributed by atoms with Gasteiger partial charge in [-0.2, -0.15) is 0 Å². The van der Waals surface area contributed by atoms with Crippen molar-refractivity contribution in [2.24, 2.45) is 11.8 Å². The van der Waals surface area contributed by atoms with Crippen molar-refractivity contribution in [3.63, 3.8) is 0 Å². The van der Waals surface area contributed by atoms with Crippen LogP contribution in [0.25, 0.3) is 0 Å². The first-order valence-electron chi connectivity index (χ1n) is 9.27. The Hall–Kier alpha value is -1.76. The Bertz CT molecular complexity index is 667. The molecule has 2 atom stereocenters. The highest BCUT2D eigenvalue weighted by Gasteiger charge is 2.47. The van der Waals surface area contributed by atoms with Crippen LogP contribution in [0.15, 0.2) is 0 Å². The molecule has 2 heterocycles. The van der Waals surface area contributed by atoms with Gasteiger partial charge in [-0.3, -0.25) is 19.3 Å². The number of nitrogens with zero attached hydrogens (tertiary/aromatic N) is 2. The van der Waals surface area contributed by atoms with Crippen LogP contribution in [0.5, 0.6) is 0 Å². The van der Waals surface area contributed by atoms with Crippen molar-refractivity contribution >= 4 is 34.2 Å². The first kappa shape index (κ1) is 16.7. The Kier molecular flexibility index (Phi) is 4.58. The smallest absolute Gasteiger partial charge is 0.233 e. The molecule has 1 aliphatic heterocycles. The van der Waals surface area contributed by atoms with E-state index in [1.165, 1.54) is 16.2 Å². The second-order valence-electron chi connectivity index (χ2n) is 7.22. The molecule has 2 fully saturated rings. The third-order valence-electron chi connectivity index (χ3n) is 5.59. The van der Waals surface area contributed by atoms with E-state index in [0.717, 1.165) is 50.6 Å². The first-order valence-corrected chi connectivity index (χ1v) is 10.1. The lowest BCUT2D eigenvalue weighted by Gasteiger charge is -2.19. The van der Waals surface area contributed by atoms with Crippen LogP contribution in [0.3, 0.4) is 0 Å². The highest BCUT2D eigenvalue weighted by atomic mass is 32.1. The molecule has 7 heteroatoms. The second-order valence-corrected chi connectivity index (χ2v) is 8.30. The minimum atomic E-state index is -0.179. The fourth-order valence-electron chi connectivity index (χ4n) is 4.25. The lowest BCUT2D eigenvalue weighted by atomic mass is 9.81. The predicted molar refractivity (Wildman–Crippen MR) is 94.2 cm³/mol. The molecule has 25 heavy (non-hydrogen) atoms. The van der Waals surface area contributed by atoms with E-state index < -0.39 is 0 Å². The predicted octanol–water partition coefficient (Wildman–Crippen LogP) is 2.53. The highest BCUT2D eigenvalue weighted by molar-refractivity contribution is 7.15. The van der Waals surface area contributed by atoms with Crippen LogP contribution in [0.1, 0.15) is 55.5 Å². The summed E-state index contributed by atoms with van der Waals surface area (Å²) < 4.78 is 0. The molecule has 3 aliphatic rings. The monoisotopic (exact) mass is 361 g/mol. The zero-order valence-electron chi connectivity index (χ0n) is 14.3. The third-order valence-corrected chi connectivity index (χ3v) is 6.66. The summed E-state index contributed by atoms with van der Waals surface area (Å²) in [5, 5.41) is 3.48. The third kappa shape index (κ3) is 3.21. The number of anilines is 1. The molecular formula is C18H23N3O3S. The van der Waals surface area contributed by atoms with E-state index in [0.29, 0.717) is 5.13 Å². The van der Waals surface area contributed by atoms with Gasteiger partial charge >= 0.3 is 0 Å². The summed E-state index contributed by atoms with van der Waals surface area (Å²) in [7, 11) is 0. The summed E-state index contributed by atoms with van der Waals surface area (Å²) in [6, 6.07) is 0. The fraction of sp³-hybridized carbons (Fsp3) is 0.667. The second kappa shape index (κ2) is 6.86. The molecule has 1 aromatic heterocycles. The summed E-state index contributed by atoms with van der Waals surface area (Å²) in [6.07, 6.45) is 8.16. The van der Waals surface area contributed by atoms with Gasteiger partial charge in [0.1, 0.15) is 0 Å². The number of amides is 3. The van der Waals surface area contributed by atoms with Gasteiger partial charge in [-0.05, 0) is 38.5 Å². The van der Waals surface area contributed by atoms with Gasteiger partial charge in [0.15, 0.2) is 5.13 Å². The highest BCUT2D eigenvalue weighted by Crippen LogP contribution is 2.38. The van der Waals surface area contributed by atoms with Crippen LogP contribution in [0, 0.1) is 11.8 Å². The number of hydrogen-bond donors (Lipinski definition) is 1. The summed E-state index contributed by atoms with van der Waals surface area (Å²) in [5.74, 6) is -0.619. The van der Waals surface area contributed by atoms with E-state index in [-0.39, 0.29) is 42.5 Å². The van der Waals surface area contributed by atoms with Gasteiger partial charge in [-0.25, -0.2) is 4.98 Å².